The fraction of sp³-hybridized carbons (Fsp3) is 0.172. The zero-order chi connectivity index (χ0) is 25.2. The van der Waals surface area contributed by atoms with Gasteiger partial charge in [0, 0.05) is 30.5 Å². The summed E-state index contributed by atoms with van der Waals surface area (Å²) < 4.78 is 2.02. The van der Waals surface area contributed by atoms with Crippen LogP contribution in [0.1, 0.15) is 38.2 Å². The van der Waals surface area contributed by atoms with Gasteiger partial charge in [-0.3, -0.25) is 9.20 Å². The maximum Gasteiger partial charge on any atom is 0.251 e. The third-order valence-corrected chi connectivity index (χ3v) is 7.39. The van der Waals surface area contributed by atoms with Crippen molar-refractivity contribution in [2.24, 2.45) is 5.73 Å². The van der Waals surface area contributed by atoms with Gasteiger partial charge in [-0.1, -0.05) is 42.5 Å². The number of benzene rings is 2. The minimum atomic E-state index is -0.142. The number of pyridine rings is 1. The van der Waals surface area contributed by atoms with E-state index >= 15 is 0 Å². The summed E-state index contributed by atoms with van der Waals surface area (Å²) in [5.74, 6) is 0.746. The first-order valence-corrected chi connectivity index (χ1v) is 12.8. The number of carbonyl (C=O) groups is 1. The highest BCUT2D eigenvalue weighted by Crippen LogP contribution is 2.37. The highest BCUT2D eigenvalue weighted by atomic mass is 32.1. The molecule has 3 heterocycles. The number of hydrogen-bond acceptors (Lipinski definition) is 5. The molecular formula is C29H29N5OS. The molecule has 0 saturated heterocycles. The van der Waals surface area contributed by atoms with E-state index in [0.29, 0.717) is 24.3 Å². The van der Waals surface area contributed by atoms with Crippen LogP contribution in [0.15, 0.2) is 72.2 Å². The number of nitrogens with zero attached hydrogens (tertiary/aromatic N) is 2. The van der Waals surface area contributed by atoms with Crippen molar-refractivity contribution in [3.05, 3.63) is 106 Å². The number of hydrogen-bond donors (Lipinski definition) is 3. The molecule has 0 radical (unpaired) electrons. The van der Waals surface area contributed by atoms with E-state index in [1.165, 1.54) is 5.56 Å². The predicted octanol–water partition coefficient (Wildman–Crippen LogP) is 6.12. The fourth-order valence-electron chi connectivity index (χ4n) is 4.36. The van der Waals surface area contributed by atoms with Crippen LogP contribution < -0.4 is 16.4 Å². The van der Waals surface area contributed by atoms with Crippen molar-refractivity contribution in [3.8, 4) is 10.6 Å². The number of fused-ring (bicyclic) bond motifs is 1. The van der Waals surface area contributed by atoms with Crippen molar-refractivity contribution in [1.29, 1.82) is 0 Å². The van der Waals surface area contributed by atoms with Gasteiger partial charge < -0.3 is 16.4 Å². The summed E-state index contributed by atoms with van der Waals surface area (Å²) in [6, 6.07) is 20.0. The van der Waals surface area contributed by atoms with Crippen molar-refractivity contribution >= 4 is 34.4 Å². The number of aromatic nitrogens is 2. The van der Waals surface area contributed by atoms with Gasteiger partial charge in [0.15, 0.2) is 0 Å². The van der Waals surface area contributed by atoms with Gasteiger partial charge in [-0.15, -0.1) is 11.3 Å². The first-order valence-electron chi connectivity index (χ1n) is 11.9. The van der Waals surface area contributed by atoms with Gasteiger partial charge in [0.25, 0.3) is 5.91 Å². The summed E-state index contributed by atoms with van der Waals surface area (Å²) in [6.45, 7) is 7.20. The van der Waals surface area contributed by atoms with E-state index in [2.05, 4.69) is 61.1 Å². The Labute approximate surface area is 214 Å². The lowest BCUT2D eigenvalue weighted by molar-refractivity contribution is 0.0951. The average molecular weight is 496 g/mol. The Bertz CT molecular complexity index is 1550. The molecule has 3 aromatic heterocycles. The van der Waals surface area contributed by atoms with Crippen LogP contribution in [0.25, 0.3) is 16.2 Å². The molecule has 4 N–H and O–H groups in total. The second-order valence-corrected chi connectivity index (χ2v) is 9.90. The molecule has 6 nitrogen and oxygen atoms in total. The highest BCUT2D eigenvalue weighted by Gasteiger charge is 2.19. The quantitative estimate of drug-likeness (QED) is 0.254. The number of nitrogens with one attached hydrogen (secondary N) is 2. The number of aryl methyl sites for hydroxylation is 3. The molecule has 0 saturated carbocycles. The van der Waals surface area contributed by atoms with Gasteiger partial charge >= 0.3 is 0 Å². The summed E-state index contributed by atoms with van der Waals surface area (Å²) in [7, 11) is 0. The predicted molar refractivity (Wildman–Crippen MR) is 148 cm³/mol. The fourth-order valence-corrected chi connectivity index (χ4v) is 5.28. The number of anilines is 2. The minimum Gasteiger partial charge on any atom is -0.348 e. The standard InChI is InChI=1S/C29H29N5OS/c1-18-6-4-7-19(2)25(18)33-28-26(27-20(3)11-13-36-27)32-24-15-23(10-12-34(24)28)29(35)31-17-22-9-5-8-21(14-22)16-30/h4-15,33H,16-17,30H2,1-3H3,(H,31,35). The molecule has 5 rings (SSSR count). The molecule has 0 aliphatic carbocycles. The molecule has 1 amide bonds. The molecule has 36 heavy (non-hydrogen) atoms. The van der Waals surface area contributed by atoms with Crippen LogP contribution in [0.3, 0.4) is 0 Å². The van der Waals surface area contributed by atoms with E-state index in [1.807, 2.05) is 47.0 Å². The smallest absolute Gasteiger partial charge is 0.251 e. The second-order valence-electron chi connectivity index (χ2n) is 8.98. The lowest BCUT2D eigenvalue weighted by Crippen LogP contribution is -2.23. The van der Waals surface area contributed by atoms with Gasteiger partial charge in [0.1, 0.15) is 17.2 Å². The Kier molecular flexibility index (Phi) is 6.59. The van der Waals surface area contributed by atoms with Crippen molar-refractivity contribution < 1.29 is 4.79 Å². The number of amides is 1. The molecule has 0 spiro atoms. The largest absolute Gasteiger partial charge is 0.348 e. The number of imidazole rings is 1. The number of thiophene rings is 1. The van der Waals surface area contributed by atoms with Gasteiger partial charge in [0.05, 0.1) is 4.88 Å². The summed E-state index contributed by atoms with van der Waals surface area (Å²) in [6.07, 6.45) is 1.91. The molecule has 2 aromatic carbocycles. The van der Waals surface area contributed by atoms with Crippen LogP contribution in [-0.2, 0) is 13.1 Å². The molecule has 5 aromatic rings. The Morgan fingerprint density at radius 1 is 0.972 bits per heavy atom. The third kappa shape index (κ3) is 4.63. The van der Waals surface area contributed by atoms with Gasteiger partial charge in [-0.25, -0.2) is 4.98 Å². The van der Waals surface area contributed by atoms with Gasteiger partial charge in [-0.2, -0.15) is 0 Å². The van der Waals surface area contributed by atoms with Crippen LogP contribution in [0.5, 0.6) is 0 Å². The molecule has 0 fully saturated rings. The highest BCUT2D eigenvalue weighted by molar-refractivity contribution is 7.13. The lowest BCUT2D eigenvalue weighted by atomic mass is 10.1. The van der Waals surface area contributed by atoms with E-state index < -0.39 is 0 Å². The minimum absolute atomic E-state index is 0.142. The topological polar surface area (TPSA) is 84.5 Å². The molecule has 0 aliphatic heterocycles. The van der Waals surface area contributed by atoms with Crippen molar-refractivity contribution in [1.82, 2.24) is 14.7 Å². The summed E-state index contributed by atoms with van der Waals surface area (Å²) in [5, 5.41) is 8.74. The number of rotatable bonds is 7. The number of nitrogens with two attached hydrogens (primary N) is 1. The van der Waals surface area contributed by atoms with E-state index in [0.717, 1.165) is 44.3 Å². The van der Waals surface area contributed by atoms with E-state index in [1.54, 1.807) is 11.3 Å². The van der Waals surface area contributed by atoms with E-state index in [4.69, 9.17) is 10.7 Å². The van der Waals surface area contributed by atoms with Crippen molar-refractivity contribution in [2.45, 2.75) is 33.9 Å². The number of para-hydroxylation sites is 1. The van der Waals surface area contributed by atoms with Crippen LogP contribution in [0.2, 0.25) is 0 Å². The molecular weight excluding hydrogens is 466 g/mol. The van der Waals surface area contributed by atoms with Gasteiger partial charge in [0.2, 0.25) is 0 Å². The Hall–Kier alpha value is -3.94. The molecule has 0 unspecified atom stereocenters. The second kappa shape index (κ2) is 9.97. The maximum atomic E-state index is 13.0. The maximum absolute atomic E-state index is 13.0. The van der Waals surface area contributed by atoms with Crippen molar-refractivity contribution in [2.75, 3.05) is 5.32 Å². The van der Waals surface area contributed by atoms with Crippen molar-refractivity contribution in [3.63, 3.8) is 0 Å². The number of carbonyl (C=O) groups excluding carboxylic acids is 1. The Balaban J connectivity index is 1.50. The lowest BCUT2D eigenvalue weighted by Gasteiger charge is -2.14. The summed E-state index contributed by atoms with van der Waals surface area (Å²) >= 11 is 1.67. The first-order chi connectivity index (χ1) is 17.4. The molecule has 182 valence electrons. The van der Waals surface area contributed by atoms with Crippen LogP contribution >= 0.6 is 11.3 Å². The SMILES string of the molecule is Cc1ccsc1-c1nc2cc(C(=O)NCc3cccc(CN)c3)ccn2c1Nc1c(C)cccc1C. The molecule has 0 bridgehead atoms. The molecule has 0 atom stereocenters. The zero-order valence-corrected chi connectivity index (χ0v) is 21.4. The monoisotopic (exact) mass is 495 g/mol. The molecule has 0 aliphatic rings. The normalized spacial score (nSPS) is 11.1. The first kappa shape index (κ1) is 23.8. The zero-order valence-electron chi connectivity index (χ0n) is 20.6. The van der Waals surface area contributed by atoms with Crippen LogP contribution in [0, 0.1) is 20.8 Å². The molecule has 7 heteroatoms. The van der Waals surface area contributed by atoms with Crippen LogP contribution in [-0.4, -0.2) is 15.3 Å². The van der Waals surface area contributed by atoms with E-state index in [-0.39, 0.29) is 5.91 Å². The summed E-state index contributed by atoms with van der Waals surface area (Å²) in [5.41, 5.74) is 14.5. The van der Waals surface area contributed by atoms with Crippen LogP contribution in [0.4, 0.5) is 11.5 Å². The Morgan fingerprint density at radius 2 is 1.72 bits per heavy atom. The summed E-state index contributed by atoms with van der Waals surface area (Å²) in [4.78, 5) is 19.1. The van der Waals surface area contributed by atoms with E-state index in [9.17, 15) is 4.79 Å². The third-order valence-electron chi connectivity index (χ3n) is 6.37. The van der Waals surface area contributed by atoms with Gasteiger partial charge in [-0.05, 0) is 72.2 Å². The Morgan fingerprint density at radius 3 is 2.44 bits per heavy atom. The average Bonchev–Trinajstić information content (AvgIpc) is 3.47.